The van der Waals surface area contributed by atoms with Crippen molar-refractivity contribution in [3.8, 4) is 0 Å². The number of hydrogen-bond acceptors (Lipinski definition) is 4. The molecule has 0 saturated carbocycles. The summed E-state index contributed by atoms with van der Waals surface area (Å²) in [4.78, 5) is 35.3. The van der Waals surface area contributed by atoms with Crippen LogP contribution in [0.1, 0.15) is 20.7 Å². The Bertz CT molecular complexity index is 1020. The molecule has 0 radical (unpaired) electrons. The van der Waals surface area contributed by atoms with Gasteiger partial charge in [-0.15, -0.1) is 0 Å². The van der Waals surface area contributed by atoms with Crippen LogP contribution in [0.2, 0.25) is 5.02 Å². The van der Waals surface area contributed by atoms with Crippen LogP contribution >= 0.6 is 11.6 Å². The second kappa shape index (κ2) is 6.17. The Morgan fingerprint density at radius 1 is 1.04 bits per heavy atom. The first-order chi connectivity index (χ1) is 11.5. The number of aromatic carboxylic acids is 1. The highest BCUT2D eigenvalue weighted by molar-refractivity contribution is 6.33. The van der Waals surface area contributed by atoms with Crippen molar-refractivity contribution in [1.29, 1.82) is 0 Å². The number of halogens is 1. The zero-order valence-corrected chi connectivity index (χ0v) is 12.8. The first-order valence-corrected chi connectivity index (χ1v) is 7.20. The van der Waals surface area contributed by atoms with E-state index in [4.69, 9.17) is 21.1 Å². The van der Waals surface area contributed by atoms with Gasteiger partial charge in [0.15, 0.2) is 0 Å². The highest BCUT2D eigenvalue weighted by Gasteiger charge is 2.15. The molecule has 2 aromatic carbocycles. The minimum absolute atomic E-state index is 0.0470. The first kappa shape index (κ1) is 15.8. The summed E-state index contributed by atoms with van der Waals surface area (Å²) in [5.41, 5.74) is -0.535. The average molecular weight is 344 g/mol. The Morgan fingerprint density at radius 3 is 2.54 bits per heavy atom. The van der Waals surface area contributed by atoms with Crippen molar-refractivity contribution >= 4 is 40.1 Å². The van der Waals surface area contributed by atoms with Crippen molar-refractivity contribution in [3.63, 3.8) is 0 Å². The number of carboxylic acids is 1. The number of anilines is 1. The average Bonchev–Trinajstić information content (AvgIpc) is 2.55. The largest absolute Gasteiger partial charge is 0.478 e. The lowest BCUT2D eigenvalue weighted by Gasteiger charge is -2.07. The minimum Gasteiger partial charge on any atom is -0.478 e. The van der Waals surface area contributed by atoms with E-state index < -0.39 is 17.5 Å². The maximum Gasteiger partial charge on any atom is 0.349 e. The second-order valence-corrected chi connectivity index (χ2v) is 5.35. The van der Waals surface area contributed by atoms with Gasteiger partial charge in [0.25, 0.3) is 5.91 Å². The van der Waals surface area contributed by atoms with E-state index in [-0.39, 0.29) is 21.8 Å². The third kappa shape index (κ3) is 3.00. The molecule has 6 nitrogen and oxygen atoms in total. The molecule has 1 heterocycles. The molecule has 3 rings (SSSR count). The van der Waals surface area contributed by atoms with Gasteiger partial charge in [-0.2, -0.15) is 0 Å². The van der Waals surface area contributed by atoms with Crippen molar-refractivity contribution in [2.24, 2.45) is 0 Å². The topological polar surface area (TPSA) is 96.6 Å². The summed E-state index contributed by atoms with van der Waals surface area (Å²) in [5.74, 6) is -1.92. The van der Waals surface area contributed by atoms with Crippen LogP contribution in [0.3, 0.4) is 0 Å². The molecule has 0 aliphatic rings. The summed E-state index contributed by atoms with van der Waals surface area (Å²) < 4.78 is 5.10. The highest BCUT2D eigenvalue weighted by Crippen LogP contribution is 2.21. The van der Waals surface area contributed by atoms with Gasteiger partial charge >= 0.3 is 11.6 Å². The van der Waals surface area contributed by atoms with Crippen LogP contribution in [0.15, 0.2) is 57.7 Å². The fourth-order valence-corrected chi connectivity index (χ4v) is 2.38. The SMILES string of the molecule is O=C(O)c1cc(NC(=O)c2cc3ccccc3oc2=O)ccc1Cl. The van der Waals surface area contributed by atoms with Crippen LogP contribution in [0, 0.1) is 0 Å². The van der Waals surface area contributed by atoms with E-state index in [9.17, 15) is 14.4 Å². The summed E-state index contributed by atoms with van der Waals surface area (Å²) >= 11 is 5.78. The summed E-state index contributed by atoms with van der Waals surface area (Å²) in [6.07, 6.45) is 0. The third-order valence-corrected chi connectivity index (χ3v) is 3.67. The van der Waals surface area contributed by atoms with Gasteiger partial charge in [-0.1, -0.05) is 29.8 Å². The maximum absolute atomic E-state index is 12.3. The van der Waals surface area contributed by atoms with Gasteiger partial charge in [-0.05, 0) is 30.3 Å². The summed E-state index contributed by atoms with van der Waals surface area (Å²) in [5, 5.41) is 12.2. The fraction of sp³-hybridized carbons (Fsp3) is 0. The molecular weight excluding hydrogens is 334 g/mol. The molecule has 0 saturated heterocycles. The molecule has 0 bridgehead atoms. The number of hydrogen-bond donors (Lipinski definition) is 2. The number of fused-ring (bicyclic) bond motifs is 1. The summed E-state index contributed by atoms with van der Waals surface area (Å²) in [7, 11) is 0. The van der Waals surface area contributed by atoms with Gasteiger partial charge < -0.3 is 14.8 Å². The number of carboxylic acid groups (broad SMARTS) is 1. The number of carbonyl (C=O) groups is 2. The van der Waals surface area contributed by atoms with Crippen LogP contribution in [0.4, 0.5) is 5.69 Å². The monoisotopic (exact) mass is 343 g/mol. The Labute approximate surface area is 140 Å². The minimum atomic E-state index is -1.22. The lowest BCUT2D eigenvalue weighted by atomic mass is 10.1. The van der Waals surface area contributed by atoms with Crippen LogP contribution in [0.25, 0.3) is 11.0 Å². The van der Waals surface area contributed by atoms with Crippen LogP contribution < -0.4 is 10.9 Å². The van der Waals surface area contributed by atoms with Crippen molar-refractivity contribution in [2.45, 2.75) is 0 Å². The zero-order valence-electron chi connectivity index (χ0n) is 12.1. The van der Waals surface area contributed by atoms with Gasteiger partial charge in [0.05, 0.1) is 10.6 Å². The lowest BCUT2D eigenvalue weighted by Crippen LogP contribution is -2.20. The van der Waals surface area contributed by atoms with Crippen molar-refractivity contribution in [2.75, 3.05) is 5.32 Å². The second-order valence-electron chi connectivity index (χ2n) is 4.94. The molecule has 0 unspecified atom stereocenters. The predicted octanol–water partition coefficient (Wildman–Crippen LogP) is 3.40. The zero-order chi connectivity index (χ0) is 17.3. The quantitative estimate of drug-likeness (QED) is 0.710. The molecule has 0 atom stereocenters. The lowest BCUT2D eigenvalue weighted by molar-refractivity contribution is 0.0696. The van der Waals surface area contributed by atoms with E-state index in [0.717, 1.165) is 0 Å². The molecule has 0 fully saturated rings. The van der Waals surface area contributed by atoms with Crippen molar-refractivity contribution in [1.82, 2.24) is 0 Å². The van der Waals surface area contributed by atoms with Crippen LogP contribution in [-0.4, -0.2) is 17.0 Å². The van der Waals surface area contributed by atoms with E-state index >= 15 is 0 Å². The van der Waals surface area contributed by atoms with Gasteiger partial charge in [-0.3, -0.25) is 4.79 Å². The highest BCUT2D eigenvalue weighted by atomic mass is 35.5. The molecule has 0 aliphatic carbocycles. The molecule has 1 aromatic heterocycles. The Morgan fingerprint density at radius 2 is 1.79 bits per heavy atom. The van der Waals surface area contributed by atoms with E-state index in [1.807, 2.05) is 0 Å². The Kier molecular flexibility index (Phi) is 4.05. The molecule has 24 heavy (non-hydrogen) atoms. The van der Waals surface area contributed by atoms with E-state index in [0.29, 0.717) is 11.0 Å². The predicted molar refractivity (Wildman–Crippen MR) is 88.8 cm³/mol. The van der Waals surface area contributed by atoms with Gasteiger partial charge in [0, 0.05) is 11.1 Å². The Hall–Kier alpha value is -3.12. The molecule has 2 N–H and O–H groups in total. The number of para-hydroxylation sites is 1. The molecule has 7 heteroatoms. The van der Waals surface area contributed by atoms with Gasteiger partial charge in [-0.25, -0.2) is 9.59 Å². The van der Waals surface area contributed by atoms with Crippen molar-refractivity contribution < 1.29 is 19.1 Å². The van der Waals surface area contributed by atoms with E-state index in [1.54, 1.807) is 24.3 Å². The Balaban J connectivity index is 1.96. The van der Waals surface area contributed by atoms with Crippen LogP contribution in [-0.2, 0) is 0 Å². The molecule has 1 amide bonds. The molecular formula is C17H10ClNO5. The molecule has 3 aromatic rings. The molecule has 120 valence electrons. The molecule has 0 spiro atoms. The van der Waals surface area contributed by atoms with Gasteiger partial charge in [0.2, 0.25) is 0 Å². The number of carbonyl (C=O) groups excluding carboxylic acids is 1. The fourth-order valence-electron chi connectivity index (χ4n) is 2.19. The summed E-state index contributed by atoms with van der Waals surface area (Å²) in [6, 6.07) is 12.2. The first-order valence-electron chi connectivity index (χ1n) is 6.83. The van der Waals surface area contributed by atoms with Crippen molar-refractivity contribution in [3.05, 3.63) is 75.1 Å². The van der Waals surface area contributed by atoms with E-state index in [1.165, 1.54) is 24.3 Å². The number of benzene rings is 2. The number of rotatable bonds is 3. The maximum atomic E-state index is 12.3. The normalized spacial score (nSPS) is 10.5. The number of nitrogens with one attached hydrogen (secondary N) is 1. The summed E-state index contributed by atoms with van der Waals surface area (Å²) in [6.45, 7) is 0. The van der Waals surface area contributed by atoms with Gasteiger partial charge in [0.1, 0.15) is 11.1 Å². The third-order valence-electron chi connectivity index (χ3n) is 3.34. The standard InChI is InChI=1S/C17H10ClNO5/c18-13-6-5-10(8-11(13)16(21)22)19-15(20)12-7-9-3-1-2-4-14(9)24-17(12)23/h1-8H,(H,19,20)(H,21,22). The van der Waals surface area contributed by atoms with E-state index in [2.05, 4.69) is 5.32 Å². The van der Waals surface area contributed by atoms with Crippen LogP contribution in [0.5, 0.6) is 0 Å². The smallest absolute Gasteiger partial charge is 0.349 e. The number of amides is 1. The molecule has 0 aliphatic heterocycles.